The minimum Gasteiger partial charge on any atom is -0.395 e. The van der Waals surface area contributed by atoms with E-state index in [1.165, 1.54) is 12.3 Å². The molecule has 0 bridgehead atoms. The van der Waals surface area contributed by atoms with E-state index < -0.39 is 0 Å². The molecule has 3 nitrogen and oxygen atoms in total. The van der Waals surface area contributed by atoms with Gasteiger partial charge >= 0.3 is 0 Å². The summed E-state index contributed by atoms with van der Waals surface area (Å²) in [6.45, 7) is 4.66. The maximum absolute atomic E-state index is 12.8. The topological polar surface area (TPSA) is 45.1 Å². The van der Waals surface area contributed by atoms with E-state index in [4.69, 9.17) is 5.11 Å². The molecular weight excluding hydrogens is 195 g/mol. The van der Waals surface area contributed by atoms with E-state index in [2.05, 4.69) is 10.3 Å². The monoisotopic (exact) mass is 212 g/mol. The Morgan fingerprint density at radius 3 is 2.73 bits per heavy atom. The van der Waals surface area contributed by atoms with Gasteiger partial charge in [0.05, 0.1) is 12.8 Å². The van der Waals surface area contributed by atoms with Crippen LogP contribution in [0.3, 0.4) is 0 Å². The van der Waals surface area contributed by atoms with Gasteiger partial charge in [0.25, 0.3) is 0 Å². The predicted molar refractivity (Wildman–Crippen MR) is 56.7 cm³/mol. The first-order valence-corrected chi connectivity index (χ1v) is 5.07. The summed E-state index contributed by atoms with van der Waals surface area (Å²) in [5.41, 5.74) is 0.786. The van der Waals surface area contributed by atoms with E-state index in [1.807, 2.05) is 13.8 Å². The lowest BCUT2D eigenvalue weighted by Crippen LogP contribution is -2.36. The second kappa shape index (κ2) is 5.78. The molecule has 0 aliphatic rings. The smallest absolute Gasteiger partial charge is 0.141 e. The van der Waals surface area contributed by atoms with Crippen LogP contribution < -0.4 is 5.32 Å². The third-order valence-corrected chi connectivity index (χ3v) is 2.33. The molecular formula is C11H17FN2O. The van der Waals surface area contributed by atoms with Gasteiger partial charge in [-0.25, -0.2) is 4.39 Å². The molecule has 0 aliphatic carbocycles. The highest BCUT2D eigenvalue weighted by Crippen LogP contribution is 2.04. The van der Waals surface area contributed by atoms with E-state index in [-0.39, 0.29) is 18.5 Å². The number of hydrogen-bond acceptors (Lipinski definition) is 3. The zero-order valence-electron chi connectivity index (χ0n) is 9.07. The van der Waals surface area contributed by atoms with Gasteiger partial charge in [-0.15, -0.1) is 0 Å². The summed E-state index contributed by atoms with van der Waals surface area (Å²) in [6, 6.07) is 1.47. The van der Waals surface area contributed by atoms with Crippen LogP contribution in [0, 0.1) is 11.7 Å². The normalized spacial score (nSPS) is 13.1. The zero-order chi connectivity index (χ0) is 11.3. The van der Waals surface area contributed by atoms with Crippen LogP contribution in [0.4, 0.5) is 4.39 Å². The third kappa shape index (κ3) is 3.93. The fourth-order valence-electron chi connectivity index (χ4n) is 1.31. The van der Waals surface area contributed by atoms with Crippen molar-refractivity contribution in [1.29, 1.82) is 0 Å². The van der Waals surface area contributed by atoms with Crippen molar-refractivity contribution >= 4 is 0 Å². The maximum atomic E-state index is 12.8. The molecule has 0 aromatic carbocycles. The lowest BCUT2D eigenvalue weighted by molar-refractivity contribution is 0.210. The molecule has 0 saturated carbocycles. The Kier molecular flexibility index (Phi) is 4.65. The second-order valence-corrected chi connectivity index (χ2v) is 3.93. The van der Waals surface area contributed by atoms with Gasteiger partial charge in [-0.3, -0.25) is 4.98 Å². The van der Waals surface area contributed by atoms with Crippen molar-refractivity contribution in [3.63, 3.8) is 0 Å². The average Bonchev–Trinajstić information content (AvgIpc) is 2.18. The van der Waals surface area contributed by atoms with Gasteiger partial charge in [-0.1, -0.05) is 13.8 Å². The lowest BCUT2D eigenvalue weighted by atomic mass is 10.1. The first kappa shape index (κ1) is 12.1. The third-order valence-electron chi connectivity index (χ3n) is 2.33. The Balaban J connectivity index is 2.49. The molecule has 1 aromatic rings. The number of hydrogen-bond donors (Lipinski definition) is 2. The van der Waals surface area contributed by atoms with E-state index in [0.717, 1.165) is 5.56 Å². The SMILES string of the molecule is CC(C)C(CO)NCc1cncc(F)c1. The van der Waals surface area contributed by atoms with Gasteiger partial charge < -0.3 is 10.4 Å². The molecule has 84 valence electrons. The molecule has 2 N–H and O–H groups in total. The Hall–Kier alpha value is -1.00. The summed E-state index contributed by atoms with van der Waals surface area (Å²) >= 11 is 0. The molecule has 1 atom stereocenters. The van der Waals surface area contributed by atoms with Crippen molar-refractivity contribution in [2.45, 2.75) is 26.4 Å². The Morgan fingerprint density at radius 2 is 2.20 bits per heavy atom. The van der Waals surface area contributed by atoms with Crippen molar-refractivity contribution in [3.8, 4) is 0 Å². The van der Waals surface area contributed by atoms with Crippen LogP contribution in [0.1, 0.15) is 19.4 Å². The molecule has 4 heteroatoms. The van der Waals surface area contributed by atoms with Gasteiger partial charge in [0.2, 0.25) is 0 Å². The van der Waals surface area contributed by atoms with Crippen LogP contribution in [0.15, 0.2) is 18.5 Å². The van der Waals surface area contributed by atoms with Crippen LogP contribution in [0.2, 0.25) is 0 Å². The van der Waals surface area contributed by atoms with Crippen molar-refractivity contribution in [2.75, 3.05) is 6.61 Å². The minimum atomic E-state index is -0.334. The van der Waals surface area contributed by atoms with Crippen molar-refractivity contribution in [3.05, 3.63) is 29.8 Å². The average molecular weight is 212 g/mol. The Labute approximate surface area is 89.4 Å². The molecule has 0 aliphatic heterocycles. The van der Waals surface area contributed by atoms with Crippen LogP contribution >= 0.6 is 0 Å². The number of pyridine rings is 1. The minimum absolute atomic E-state index is 0.0354. The van der Waals surface area contributed by atoms with Crippen LogP contribution in [0.5, 0.6) is 0 Å². The highest BCUT2D eigenvalue weighted by molar-refractivity contribution is 5.09. The number of aliphatic hydroxyl groups excluding tert-OH is 1. The summed E-state index contributed by atoms with van der Waals surface area (Å²) in [5.74, 6) is 0.0101. The molecule has 1 unspecified atom stereocenters. The molecule has 0 saturated heterocycles. The van der Waals surface area contributed by atoms with Crippen LogP contribution in [-0.4, -0.2) is 22.7 Å². The fraction of sp³-hybridized carbons (Fsp3) is 0.545. The lowest BCUT2D eigenvalue weighted by Gasteiger charge is -2.19. The fourth-order valence-corrected chi connectivity index (χ4v) is 1.31. The second-order valence-electron chi connectivity index (χ2n) is 3.93. The first-order valence-electron chi connectivity index (χ1n) is 5.07. The van der Waals surface area contributed by atoms with E-state index in [9.17, 15) is 4.39 Å². The van der Waals surface area contributed by atoms with E-state index >= 15 is 0 Å². The Bertz CT molecular complexity index is 304. The first-order chi connectivity index (χ1) is 7.13. The number of nitrogens with zero attached hydrogens (tertiary/aromatic N) is 1. The summed E-state index contributed by atoms with van der Waals surface area (Å²) in [5, 5.41) is 12.2. The maximum Gasteiger partial charge on any atom is 0.141 e. The molecule has 0 fully saturated rings. The van der Waals surface area contributed by atoms with Gasteiger partial charge in [0.15, 0.2) is 0 Å². The van der Waals surface area contributed by atoms with Gasteiger partial charge in [-0.2, -0.15) is 0 Å². The quantitative estimate of drug-likeness (QED) is 0.774. The molecule has 1 aromatic heterocycles. The van der Waals surface area contributed by atoms with Crippen molar-refractivity contribution in [2.24, 2.45) is 5.92 Å². The van der Waals surface area contributed by atoms with Gasteiger partial charge in [0.1, 0.15) is 5.82 Å². The number of aliphatic hydroxyl groups is 1. The number of nitrogens with one attached hydrogen (secondary N) is 1. The Morgan fingerprint density at radius 1 is 1.47 bits per heavy atom. The number of rotatable bonds is 5. The van der Waals surface area contributed by atoms with Gasteiger partial charge in [-0.05, 0) is 17.5 Å². The highest BCUT2D eigenvalue weighted by Gasteiger charge is 2.10. The zero-order valence-corrected chi connectivity index (χ0v) is 9.07. The number of aromatic nitrogens is 1. The highest BCUT2D eigenvalue weighted by atomic mass is 19.1. The summed E-state index contributed by atoms with van der Waals surface area (Å²) in [6.07, 6.45) is 2.79. The summed E-state index contributed by atoms with van der Waals surface area (Å²) in [7, 11) is 0. The molecule has 1 heterocycles. The van der Waals surface area contributed by atoms with E-state index in [1.54, 1.807) is 6.20 Å². The molecule has 1 rings (SSSR count). The summed E-state index contributed by atoms with van der Waals surface area (Å²) in [4.78, 5) is 3.76. The molecule has 0 amide bonds. The van der Waals surface area contributed by atoms with Crippen LogP contribution in [-0.2, 0) is 6.54 Å². The van der Waals surface area contributed by atoms with Crippen LogP contribution in [0.25, 0.3) is 0 Å². The van der Waals surface area contributed by atoms with E-state index in [0.29, 0.717) is 12.5 Å². The summed E-state index contributed by atoms with van der Waals surface area (Å²) < 4.78 is 12.8. The molecule has 0 spiro atoms. The molecule has 0 radical (unpaired) electrons. The number of halogens is 1. The van der Waals surface area contributed by atoms with Gasteiger partial charge in [0, 0.05) is 18.8 Å². The van der Waals surface area contributed by atoms with Crippen molar-refractivity contribution in [1.82, 2.24) is 10.3 Å². The largest absolute Gasteiger partial charge is 0.395 e. The standard InChI is InChI=1S/C11H17FN2O/c1-8(2)11(7-15)14-5-9-3-10(12)6-13-4-9/h3-4,6,8,11,14-15H,5,7H2,1-2H3. The predicted octanol–water partition coefficient (Wildman–Crippen LogP) is 1.33. The molecule has 15 heavy (non-hydrogen) atoms. The van der Waals surface area contributed by atoms with Crippen molar-refractivity contribution < 1.29 is 9.50 Å².